The first-order chi connectivity index (χ1) is 30.3. The fourth-order valence-electron chi connectivity index (χ4n) is 7.80. The minimum atomic E-state index is -1.30. The number of nitrogens with two attached hydrogens (primary N) is 7. The summed E-state index contributed by atoms with van der Waals surface area (Å²) in [5.41, 5.74) is 39.3. The Hall–Kier alpha value is -5.65. The molecule has 0 saturated carbocycles. The van der Waals surface area contributed by atoms with Crippen LogP contribution in [0.1, 0.15) is 129 Å². The van der Waals surface area contributed by atoms with E-state index in [9.17, 15) is 43.2 Å². The van der Waals surface area contributed by atoms with Crippen molar-refractivity contribution in [1.29, 1.82) is 0 Å². The molecule has 1 aromatic rings. The van der Waals surface area contributed by atoms with Gasteiger partial charge < -0.3 is 40.1 Å². The van der Waals surface area contributed by atoms with Crippen molar-refractivity contribution in [2.75, 3.05) is 19.6 Å². The molecule has 6 unspecified atom stereocenters. The van der Waals surface area contributed by atoms with Gasteiger partial charge in [-0.2, -0.15) is 0 Å². The van der Waals surface area contributed by atoms with Crippen LogP contribution < -0.4 is 40.1 Å². The molecule has 0 bridgehead atoms. The number of nitrogens with zero attached hydrogens (tertiary/aromatic N) is 2. The number of rotatable bonds is 38. The van der Waals surface area contributed by atoms with Crippen LogP contribution in [0.15, 0.2) is 40.3 Å². The van der Waals surface area contributed by atoms with Crippen molar-refractivity contribution >= 4 is 64.2 Å². The van der Waals surface area contributed by atoms with Crippen LogP contribution in [0.4, 0.5) is 0 Å². The molecule has 0 spiro atoms. The quantitative estimate of drug-likeness (QED) is 0.0284. The highest BCUT2D eigenvalue weighted by Crippen LogP contribution is 2.28. The lowest BCUT2D eigenvalue weighted by atomic mass is 9.79. The Morgan fingerprint density at radius 3 is 1.39 bits per heavy atom. The minimum Gasteiger partial charge on any atom is -0.370 e. The zero-order valence-corrected chi connectivity index (χ0v) is 37.8. The maximum absolute atomic E-state index is 14.1. The first-order valence-electron chi connectivity index (χ1n) is 22.3. The van der Waals surface area contributed by atoms with Crippen molar-refractivity contribution in [3.8, 4) is 0 Å². The molecule has 6 atom stereocenters. The molecule has 18 heteroatoms. The molecule has 1 aromatic carbocycles. The van der Waals surface area contributed by atoms with Crippen molar-refractivity contribution in [1.82, 2.24) is 0 Å². The van der Waals surface area contributed by atoms with Gasteiger partial charge in [-0.15, -0.1) is 0 Å². The van der Waals surface area contributed by atoms with Gasteiger partial charge in [0.05, 0.1) is 0 Å². The van der Waals surface area contributed by atoms with Crippen LogP contribution in [0.3, 0.4) is 0 Å². The van der Waals surface area contributed by atoms with E-state index in [1.54, 1.807) is 12.1 Å². The number of amides is 2. The maximum atomic E-state index is 14.1. The Labute approximate surface area is 377 Å². The van der Waals surface area contributed by atoms with Gasteiger partial charge in [-0.1, -0.05) is 43.7 Å². The first kappa shape index (κ1) is 56.4. The van der Waals surface area contributed by atoms with Crippen LogP contribution in [0, 0.1) is 35.5 Å². The zero-order valence-electron chi connectivity index (χ0n) is 37.8. The summed E-state index contributed by atoms with van der Waals surface area (Å²) in [6.07, 6.45) is 1.02. The molecule has 0 radical (unpaired) electrons. The van der Waals surface area contributed by atoms with E-state index in [1.165, 1.54) is 6.92 Å². The van der Waals surface area contributed by atoms with Gasteiger partial charge >= 0.3 is 0 Å². The summed E-state index contributed by atoms with van der Waals surface area (Å²) in [5, 5.41) is 0. The van der Waals surface area contributed by atoms with E-state index in [0.717, 1.165) is 5.56 Å². The third kappa shape index (κ3) is 24.3. The molecule has 0 saturated heterocycles. The number of aliphatic imine (C=N–C) groups is 2. The number of ketones is 7. The molecule has 0 aliphatic carbocycles. The van der Waals surface area contributed by atoms with Gasteiger partial charge in [-0.05, 0) is 70.4 Å². The predicted molar refractivity (Wildman–Crippen MR) is 245 cm³/mol. The van der Waals surface area contributed by atoms with E-state index < -0.39 is 84.4 Å². The SMILES string of the molecule is CCC(CCCN=C(N)N)C(=O)CCC(=O)CC(CCCCN)C(=O)CC(CCCN=C(N)N)C(=O)CC(CC(N)=O)C(=O)CC(CC(N)=O)C(=O)CC(Cc1ccccc1)C(C)=O. The van der Waals surface area contributed by atoms with Crippen LogP contribution in [-0.4, -0.2) is 83.9 Å². The number of unbranched alkanes of at least 4 members (excludes halogenated alkanes) is 1. The Bertz CT molecular complexity index is 1780. The molecule has 14 N–H and O–H groups in total. The number of guanidine groups is 2. The van der Waals surface area contributed by atoms with Crippen molar-refractivity contribution in [2.45, 2.75) is 129 Å². The molecule has 2 amide bonds. The highest BCUT2D eigenvalue weighted by molar-refractivity contribution is 5.98. The molecule has 356 valence electrons. The molecule has 0 aliphatic heterocycles. The normalized spacial score (nSPS) is 13.9. The highest BCUT2D eigenvalue weighted by Gasteiger charge is 2.34. The molecular weight excluding hydrogens is 823 g/mol. The number of hydrogen-bond donors (Lipinski definition) is 7. The lowest BCUT2D eigenvalue weighted by Gasteiger charge is -2.23. The summed E-state index contributed by atoms with van der Waals surface area (Å²) in [7, 11) is 0. The maximum Gasteiger partial charge on any atom is 0.218 e. The summed E-state index contributed by atoms with van der Waals surface area (Å²) < 4.78 is 0. The molecule has 18 nitrogen and oxygen atoms in total. The van der Waals surface area contributed by atoms with Gasteiger partial charge in [-0.25, -0.2) is 0 Å². The van der Waals surface area contributed by atoms with E-state index in [0.29, 0.717) is 51.6 Å². The van der Waals surface area contributed by atoms with E-state index in [1.807, 2.05) is 25.1 Å². The summed E-state index contributed by atoms with van der Waals surface area (Å²) in [6.45, 7) is 4.13. The van der Waals surface area contributed by atoms with Crippen LogP contribution in [0.5, 0.6) is 0 Å². The second kappa shape index (κ2) is 31.2. The molecule has 0 fully saturated rings. The van der Waals surface area contributed by atoms with Crippen LogP contribution in [0.2, 0.25) is 0 Å². The fraction of sp³-hybridized carbons (Fsp3) is 0.630. The van der Waals surface area contributed by atoms with Gasteiger partial charge in [-0.3, -0.25) is 53.1 Å². The smallest absolute Gasteiger partial charge is 0.218 e. The molecule has 0 aliphatic rings. The first-order valence-corrected chi connectivity index (χ1v) is 22.3. The molecule has 1 rings (SSSR count). The summed E-state index contributed by atoms with van der Waals surface area (Å²) >= 11 is 0. The number of primary amides is 2. The minimum absolute atomic E-state index is 0.0153. The van der Waals surface area contributed by atoms with Gasteiger partial charge in [0.2, 0.25) is 11.8 Å². The fourth-order valence-corrected chi connectivity index (χ4v) is 7.80. The monoisotopic (exact) mass is 896 g/mol. The standard InChI is InChI=1S/C46H73N9O9/c1-3-31(14-9-19-54-45(50)51)38(58)17-16-37(57)22-32(13-7-8-18-47)39(59)23-33(15-10-20-55-46(52)53)40(60)25-35(27-43(48)63)42(62)26-36(28-44(49)64)41(61)24-34(29(2)56)21-30-11-5-4-6-12-30/h4-6,11-12,31-36H,3,7-10,13-28,47H2,1-2H3,(H2,48,63)(H2,49,64)(H4,50,51,54)(H4,52,53,55). The zero-order chi connectivity index (χ0) is 48.2. The second-order valence-electron chi connectivity index (χ2n) is 16.8. The lowest BCUT2D eigenvalue weighted by Crippen LogP contribution is -2.33. The predicted octanol–water partition coefficient (Wildman–Crippen LogP) is 2.06. The Morgan fingerprint density at radius 1 is 0.500 bits per heavy atom. The van der Waals surface area contributed by atoms with E-state index in [-0.39, 0.29) is 98.9 Å². The Kier molecular flexibility index (Phi) is 27.5. The topological polar surface area (TPSA) is 360 Å². The lowest BCUT2D eigenvalue weighted by molar-refractivity contribution is -0.137. The third-order valence-electron chi connectivity index (χ3n) is 11.5. The molecule has 0 heterocycles. The summed E-state index contributed by atoms with van der Waals surface area (Å²) in [6, 6.07) is 9.04. The van der Waals surface area contributed by atoms with Crippen LogP contribution in [-0.2, 0) is 49.6 Å². The third-order valence-corrected chi connectivity index (χ3v) is 11.5. The van der Waals surface area contributed by atoms with E-state index in [4.69, 9.17) is 40.1 Å². The van der Waals surface area contributed by atoms with Gasteiger partial charge in [0.25, 0.3) is 0 Å². The molecule has 64 heavy (non-hydrogen) atoms. The highest BCUT2D eigenvalue weighted by atomic mass is 16.2. The Balaban J connectivity index is 3.29. The summed E-state index contributed by atoms with van der Waals surface area (Å²) in [5.74, 6) is -9.92. The average molecular weight is 896 g/mol. The van der Waals surface area contributed by atoms with Crippen molar-refractivity contribution in [3.63, 3.8) is 0 Å². The van der Waals surface area contributed by atoms with Gasteiger partial charge in [0.15, 0.2) is 11.9 Å². The molecular formula is C46H73N9O9. The number of hydrogen-bond acceptors (Lipinski definition) is 12. The van der Waals surface area contributed by atoms with Crippen molar-refractivity contribution in [3.05, 3.63) is 35.9 Å². The number of Topliss-reactive ketones (excluding diaryl/α,β-unsaturated/α-hetero) is 7. The van der Waals surface area contributed by atoms with E-state index in [2.05, 4.69) is 9.98 Å². The van der Waals surface area contributed by atoms with Crippen molar-refractivity contribution in [2.24, 2.45) is 85.6 Å². The number of carbonyl (C=O) groups is 9. The second-order valence-corrected chi connectivity index (χ2v) is 16.8. The number of benzene rings is 1. The molecule has 0 aromatic heterocycles. The van der Waals surface area contributed by atoms with Crippen LogP contribution in [0.25, 0.3) is 0 Å². The summed E-state index contributed by atoms with van der Waals surface area (Å²) in [4.78, 5) is 127. The van der Waals surface area contributed by atoms with Gasteiger partial charge in [0.1, 0.15) is 40.5 Å². The van der Waals surface area contributed by atoms with Crippen molar-refractivity contribution < 1.29 is 43.2 Å². The average Bonchev–Trinajstić information content (AvgIpc) is 3.22. The van der Waals surface area contributed by atoms with Gasteiger partial charge in [0, 0.05) is 106 Å². The largest absolute Gasteiger partial charge is 0.370 e. The number of carbonyl (C=O) groups excluding carboxylic acids is 9. The van der Waals surface area contributed by atoms with Crippen LogP contribution >= 0.6 is 0 Å². The van der Waals surface area contributed by atoms with E-state index >= 15 is 0 Å². The Morgan fingerprint density at radius 2 is 0.938 bits per heavy atom.